The van der Waals surface area contributed by atoms with Gasteiger partial charge in [-0.25, -0.2) is 4.98 Å². The van der Waals surface area contributed by atoms with Crippen LogP contribution >= 0.6 is 0 Å². The van der Waals surface area contributed by atoms with Crippen LogP contribution in [0.3, 0.4) is 0 Å². The zero-order valence-corrected chi connectivity index (χ0v) is 11.2. The fraction of sp³-hybridized carbons (Fsp3) is 0.769. The molecule has 0 atom stereocenters. The number of alkyl halides is 3. The summed E-state index contributed by atoms with van der Waals surface area (Å²) in [6.07, 6.45) is 5.15. The number of aromatic nitrogens is 2. The number of nitrogens with zero attached hydrogens (tertiary/aromatic N) is 3. The van der Waals surface area contributed by atoms with Gasteiger partial charge in [-0.05, 0) is 19.9 Å². The van der Waals surface area contributed by atoms with Crippen LogP contribution in [0.1, 0.15) is 43.8 Å². The van der Waals surface area contributed by atoms with Gasteiger partial charge in [-0.2, -0.15) is 13.2 Å². The maximum Gasteiger partial charge on any atom is 0.401 e. The summed E-state index contributed by atoms with van der Waals surface area (Å²) < 4.78 is 39.0. The summed E-state index contributed by atoms with van der Waals surface area (Å²) in [4.78, 5) is 5.39. The second-order valence-corrected chi connectivity index (χ2v) is 5.37. The molecule has 1 heterocycles. The molecule has 0 spiro atoms. The number of rotatable bonds is 4. The van der Waals surface area contributed by atoms with Crippen molar-refractivity contribution in [3.05, 3.63) is 18.2 Å². The summed E-state index contributed by atoms with van der Waals surface area (Å²) in [5.74, 6) is 0. The van der Waals surface area contributed by atoms with Crippen LogP contribution in [0, 0.1) is 0 Å². The predicted octanol–water partition coefficient (Wildman–Crippen LogP) is 3.38. The molecule has 1 aromatic heterocycles. The highest BCUT2D eigenvalue weighted by Crippen LogP contribution is 2.29. The van der Waals surface area contributed by atoms with E-state index in [-0.39, 0.29) is 6.54 Å². The third-order valence-electron chi connectivity index (χ3n) is 3.60. The molecule has 3 nitrogen and oxygen atoms in total. The van der Waals surface area contributed by atoms with E-state index >= 15 is 0 Å². The Bertz CT molecular complexity index is 394. The van der Waals surface area contributed by atoms with E-state index in [1.807, 2.05) is 0 Å². The molecule has 0 N–H and O–H groups in total. The minimum absolute atomic E-state index is 0.288. The Morgan fingerprint density at radius 3 is 2.63 bits per heavy atom. The first-order valence-corrected chi connectivity index (χ1v) is 6.72. The Kier molecular flexibility index (Phi) is 4.50. The smallest absolute Gasteiger partial charge is 0.330 e. The van der Waals surface area contributed by atoms with Crippen molar-refractivity contribution in [1.29, 1.82) is 0 Å². The summed E-state index contributed by atoms with van der Waals surface area (Å²) in [6.45, 7) is -0.598. The second-order valence-electron chi connectivity index (χ2n) is 5.37. The number of hydrogen-bond donors (Lipinski definition) is 0. The van der Waals surface area contributed by atoms with Gasteiger partial charge in [-0.15, -0.1) is 0 Å². The van der Waals surface area contributed by atoms with E-state index in [1.165, 1.54) is 31.2 Å². The van der Waals surface area contributed by atoms with Gasteiger partial charge >= 0.3 is 6.18 Å². The Hall–Kier alpha value is -1.04. The van der Waals surface area contributed by atoms with Crippen LogP contribution in [0.15, 0.2) is 12.5 Å². The molecule has 1 fully saturated rings. The molecule has 1 aromatic rings. The van der Waals surface area contributed by atoms with Gasteiger partial charge in [-0.1, -0.05) is 19.3 Å². The zero-order valence-electron chi connectivity index (χ0n) is 11.2. The van der Waals surface area contributed by atoms with Gasteiger partial charge in [0.05, 0.1) is 18.6 Å². The first kappa shape index (κ1) is 14.4. The monoisotopic (exact) mass is 275 g/mol. The van der Waals surface area contributed by atoms with Crippen molar-refractivity contribution >= 4 is 0 Å². The maximum absolute atomic E-state index is 12.3. The van der Waals surface area contributed by atoms with Crippen molar-refractivity contribution in [1.82, 2.24) is 14.5 Å². The molecular weight excluding hydrogens is 255 g/mol. The Morgan fingerprint density at radius 2 is 2.00 bits per heavy atom. The first-order chi connectivity index (χ1) is 8.96. The number of halogens is 3. The van der Waals surface area contributed by atoms with E-state index in [2.05, 4.69) is 9.55 Å². The van der Waals surface area contributed by atoms with Crippen molar-refractivity contribution in [2.75, 3.05) is 13.6 Å². The van der Waals surface area contributed by atoms with Crippen molar-refractivity contribution in [2.45, 2.75) is 50.9 Å². The van der Waals surface area contributed by atoms with Gasteiger partial charge in [0.2, 0.25) is 0 Å². The topological polar surface area (TPSA) is 21.1 Å². The fourth-order valence-electron chi connectivity index (χ4n) is 2.78. The zero-order chi connectivity index (χ0) is 13.9. The SMILES string of the molecule is CN(Cc1cncn1C1CCCCC1)CC(F)(F)F. The minimum Gasteiger partial charge on any atom is -0.330 e. The molecular formula is C13H20F3N3. The Labute approximate surface area is 111 Å². The molecule has 19 heavy (non-hydrogen) atoms. The summed E-state index contributed by atoms with van der Waals surface area (Å²) in [5.41, 5.74) is 0.874. The molecule has 0 radical (unpaired) electrons. The molecule has 1 saturated carbocycles. The highest BCUT2D eigenvalue weighted by atomic mass is 19.4. The molecule has 6 heteroatoms. The summed E-state index contributed by atoms with van der Waals surface area (Å²) >= 11 is 0. The third kappa shape index (κ3) is 4.23. The lowest BCUT2D eigenvalue weighted by Crippen LogP contribution is -2.31. The maximum atomic E-state index is 12.3. The van der Waals surface area contributed by atoms with E-state index in [9.17, 15) is 13.2 Å². The summed E-state index contributed by atoms with van der Waals surface area (Å²) in [5, 5.41) is 0. The lowest BCUT2D eigenvalue weighted by molar-refractivity contribution is -0.144. The van der Waals surface area contributed by atoms with Gasteiger partial charge in [-0.3, -0.25) is 4.90 Å². The largest absolute Gasteiger partial charge is 0.401 e. The second kappa shape index (κ2) is 5.94. The van der Waals surface area contributed by atoms with E-state index < -0.39 is 12.7 Å². The highest BCUT2D eigenvalue weighted by molar-refractivity contribution is 5.01. The van der Waals surface area contributed by atoms with E-state index in [0.717, 1.165) is 18.5 Å². The molecule has 2 rings (SSSR count). The van der Waals surface area contributed by atoms with Crippen molar-refractivity contribution in [3.63, 3.8) is 0 Å². The normalized spacial score (nSPS) is 18.2. The van der Waals surface area contributed by atoms with Gasteiger partial charge < -0.3 is 4.57 Å². The van der Waals surface area contributed by atoms with Crippen LogP contribution in [0.2, 0.25) is 0 Å². The lowest BCUT2D eigenvalue weighted by atomic mass is 9.95. The van der Waals surface area contributed by atoms with E-state index in [4.69, 9.17) is 0 Å². The Balaban J connectivity index is 1.99. The average Bonchev–Trinajstić information content (AvgIpc) is 2.75. The van der Waals surface area contributed by atoms with Crippen LogP contribution in [-0.4, -0.2) is 34.2 Å². The van der Waals surface area contributed by atoms with Crippen molar-refractivity contribution < 1.29 is 13.2 Å². The van der Waals surface area contributed by atoms with Crippen LogP contribution in [0.5, 0.6) is 0 Å². The number of hydrogen-bond acceptors (Lipinski definition) is 2. The van der Waals surface area contributed by atoms with E-state index in [1.54, 1.807) is 12.5 Å². The highest BCUT2D eigenvalue weighted by Gasteiger charge is 2.29. The average molecular weight is 275 g/mol. The van der Waals surface area contributed by atoms with Gasteiger partial charge in [0.25, 0.3) is 0 Å². The summed E-state index contributed by atoms with van der Waals surface area (Å²) in [7, 11) is 1.49. The van der Waals surface area contributed by atoms with Crippen LogP contribution < -0.4 is 0 Å². The molecule has 1 aliphatic carbocycles. The first-order valence-electron chi connectivity index (χ1n) is 6.72. The summed E-state index contributed by atoms with van der Waals surface area (Å²) in [6, 6.07) is 0.408. The number of imidazole rings is 1. The quantitative estimate of drug-likeness (QED) is 0.840. The van der Waals surface area contributed by atoms with Crippen molar-refractivity contribution in [3.8, 4) is 0 Å². The fourth-order valence-corrected chi connectivity index (χ4v) is 2.78. The molecule has 0 aliphatic heterocycles. The molecule has 0 amide bonds. The van der Waals surface area contributed by atoms with E-state index in [0.29, 0.717) is 6.04 Å². The standard InChI is InChI=1S/C13H20F3N3/c1-18(9-13(14,15)16)8-12-7-17-10-19(12)11-5-3-2-4-6-11/h7,10-11H,2-6,8-9H2,1H3. The molecule has 1 aliphatic rings. The van der Waals surface area contributed by atoms with Gasteiger partial charge in [0.1, 0.15) is 0 Å². The molecule has 108 valence electrons. The van der Waals surface area contributed by atoms with Crippen LogP contribution in [0.25, 0.3) is 0 Å². The molecule has 0 aromatic carbocycles. The molecule has 0 bridgehead atoms. The third-order valence-corrected chi connectivity index (χ3v) is 3.60. The van der Waals surface area contributed by atoms with Crippen molar-refractivity contribution in [2.24, 2.45) is 0 Å². The molecule has 0 unspecified atom stereocenters. The lowest BCUT2D eigenvalue weighted by Gasteiger charge is -2.26. The predicted molar refractivity (Wildman–Crippen MR) is 66.7 cm³/mol. The Morgan fingerprint density at radius 1 is 1.32 bits per heavy atom. The minimum atomic E-state index is -4.15. The molecule has 0 saturated heterocycles. The van der Waals surface area contributed by atoms with Crippen LogP contribution in [0.4, 0.5) is 13.2 Å². The van der Waals surface area contributed by atoms with Gasteiger partial charge in [0, 0.05) is 18.8 Å². The van der Waals surface area contributed by atoms with Crippen LogP contribution in [-0.2, 0) is 6.54 Å². The van der Waals surface area contributed by atoms with Gasteiger partial charge in [0.15, 0.2) is 0 Å².